The van der Waals surface area contributed by atoms with Crippen LogP contribution in [-0.4, -0.2) is 38.0 Å². The Morgan fingerprint density at radius 1 is 1.18 bits per heavy atom. The molecule has 0 spiro atoms. The minimum atomic E-state index is -0.157. The predicted octanol–water partition coefficient (Wildman–Crippen LogP) is 2.00. The van der Waals surface area contributed by atoms with Gasteiger partial charge in [0.1, 0.15) is 0 Å². The maximum absolute atomic E-state index is 11.8. The van der Waals surface area contributed by atoms with Crippen molar-refractivity contribution < 1.29 is 9.59 Å². The number of nitrogens with one attached hydrogen (secondary N) is 3. The van der Waals surface area contributed by atoms with Crippen LogP contribution in [0, 0.1) is 0 Å². The molecule has 124 valence electrons. The fourth-order valence-electron chi connectivity index (χ4n) is 1.61. The third kappa shape index (κ3) is 8.22. The van der Waals surface area contributed by atoms with E-state index in [0.29, 0.717) is 36.5 Å². The second-order valence-electron chi connectivity index (χ2n) is 4.86. The van der Waals surface area contributed by atoms with Crippen LogP contribution < -0.4 is 16.0 Å². The highest BCUT2D eigenvalue weighted by molar-refractivity contribution is 6.30. The van der Waals surface area contributed by atoms with Crippen molar-refractivity contribution in [2.75, 3.05) is 20.1 Å². The number of carbonyl (C=O) groups is 2. The highest BCUT2D eigenvalue weighted by Gasteiger charge is 2.06. The fourth-order valence-corrected chi connectivity index (χ4v) is 1.74. The van der Waals surface area contributed by atoms with E-state index in [9.17, 15) is 9.59 Å². The number of benzene rings is 1. The summed E-state index contributed by atoms with van der Waals surface area (Å²) in [5, 5.41) is 9.25. The van der Waals surface area contributed by atoms with Crippen molar-refractivity contribution >= 4 is 35.8 Å². The van der Waals surface area contributed by atoms with E-state index >= 15 is 0 Å². The van der Waals surface area contributed by atoms with Crippen molar-refractivity contribution in [3.8, 4) is 0 Å². The zero-order chi connectivity index (χ0) is 15.7. The molecule has 0 saturated heterocycles. The first-order valence-electron chi connectivity index (χ1n) is 7.00. The largest absolute Gasteiger partial charge is 0.355 e. The van der Waals surface area contributed by atoms with E-state index in [1.807, 2.05) is 14.0 Å². The van der Waals surface area contributed by atoms with E-state index in [-0.39, 0.29) is 30.3 Å². The molecule has 1 atom stereocenters. The van der Waals surface area contributed by atoms with E-state index in [1.165, 1.54) is 0 Å². The SMILES string of the molecule is CNC(C)CNC(=O)CCCNC(=O)c1ccc(Cl)cc1.Cl. The van der Waals surface area contributed by atoms with Gasteiger partial charge in [0.25, 0.3) is 5.91 Å². The zero-order valence-electron chi connectivity index (χ0n) is 12.8. The number of hydrogen-bond acceptors (Lipinski definition) is 3. The monoisotopic (exact) mass is 347 g/mol. The van der Waals surface area contributed by atoms with Gasteiger partial charge in [0.05, 0.1) is 0 Å². The van der Waals surface area contributed by atoms with Gasteiger partial charge in [-0.05, 0) is 44.7 Å². The second-order valence-corrected chi connectivity index (χ2v) is 5.30. The lowest BCUT2D eigenvalue weighted by atomic mass is 10.2. The lowest BCUT2D eigenvalue weighted by Gasteiger charge is -2.11. The second kappa shape index (κ2) is 11.3. The summed E-state index contributed by atoms with van der Waals surface area (Å²) in [6, 6.07) is 6.94. The topological polar surface area (TPSA) is 70.2 Å². The first-order chi connectivity index (χ1) is 10.0. The fraction of sp³-hybridized carbons (Fsp3) is 0.467. The van der Waals surface area contributed by atoms with Crippen LogP contribution in [0.1, 0.15) is 30.1 Å². The lowest BCUT2D eigenvalue weighted by Crippen LogP contribution is -2.37. The predicted molar refractivity (Wildman–Crippen MR) is 91.8 cm³/mol. The molecule has 0 aliphatic carbocycles. The summed E-state index contributed by atoms with van der Waals surface area (Å²) in [6.07, 6.45) is 1.01. The molecule has 0 aliphatic rings. The van der Waals surface area contributed by atoms with Crippen molar-refractivity contribution in [1.29, 1.82) is 0 Å². The Kier molecular flexibility index (Phi) is 10.6. The molecule has 1 aromatic carbocycles. The third-order valence-electron chi connectivity index (χ3n) is 3.07. The van der Waals surface area contributed by atoms with E-state index in [0.717, 1.165) is 0 Å². The number of rotatable bonds is 8. The van der Waals surface area contributed by atoms with Gasteiger partial charge in [-0.3, -0.25) is 9.59 Å². The molecular weight excluding hydrogens is 325 g/mol. The van der Waals surface area contributed by atoms with Crippen LogP contribution in [0.4, 0.5) is 0 Å². The zero-order valence-corrected chi connectivity index (χ0v) is 14.4. The van der Waals surface area contributed by atoms with Gasteiger partial charge in [-0.15, -0.1) is 12.4 Å². The molecule has 0 radical (unpaired) electrons. The summed E-state index contributed by atoms with van der Waals surface area (Å²) in [5.74, 6) is -0.159. The van der Waals surface area contributed by atoms with Crippen LogP contribution in [0.25, 0.3) is 0 Å². The molecule has 0 aliphatic heterocycles. The average Bonchev–Trinajstić information content (AvgIpc) is 2.49. The number of amides is 2. The summed E-state index contributed by atoms with van der Waals surface area (Å²) in [5.41, 5.74) is 0.562. The van der Waals surface area contributed by atoms with Gasteiger partial charge < -0.3 is 16.0 Å². The standard InChI is InChI=1S/C15H22ClN3O2.ClH/c1-11(17-2)10-19-14(20)4-3-9-18-15(21)12-5-7-13(16)8-6-12;/h5-8,11,17H,3-4,9-10H2,1-2H3,(H,18,21)(H,19,20);1H. The molecule has 1 rings (SSSR count). The molecule has 1 unspecified atom stereocenters. The molecule has 1 aromatic rings. The van der Waals surface area contributed by atoms with Gasteiger partial charge in [0.2, 0.25) is 5.91 Å². The summed E-state index contributed by atoms with van der Waals surface area (Å²) in [6.45, 7) is 3.07. The Hall–Kier alpha value is -1.30. The van der Waals surface area contributed by atoms with Crippen LogP contribution >= 0.6 is 24.0 Å². The van der Waals surface area contributed by atoms with Crippen LogP contribution in [-0.2, 0) is 4.79 Å². The highest BCUT2D eigenvalue weighted by atomic mass is 35.5. The van der Waals surface area contributed by atoms with Gasteiger partial charge in [-0.1, -0.05) is 11.6 Å². The normalized spacial score (nSPS) is 11.2. The van der Waals surface area contributed by atoms with Crippen LogP contribution in [0.15, 0.2) is 24.3 Å². The number of carbonyl (C=O) groups excluding carboxylic acids is 2. The number of likely N-dealkylation sites (N-methyl/N-ethyl adjacent to an activating group) is 1. The Labute approximate surface area is 142 Å². The summed E-state index contributed by atoms with van der Waals surface area (Å²) < 4.78 is 0. The third-order valence-corrected chi connectivity index (χ3v) is 3.32. The first kappa shape index (κ1) is 20.7. The number of hydrogen-bond donors (Lipinski definition) is 3. The van der Waals surface area contributed by atoms with Crippen LogP contribution in [0.2, 0.25) is 5.02 Å². The van der Waals surface area contributed by atoms with E-state index < -0.39 is 0 Å². The van der Waals surface area contributed by atoms with Crippen molar-refractivity contribution in [3.05, 3.63) is 34.9 Å². The van der Waals surface area contributed by atoms with E-state index in [4.69, 9.17) is 11.6 Å². The molecule has 2 amide bonds. The lowest BCUT2D eigenvalue weighted by molar-refractivity contribution is -0.121. The molecule has 0 heterocycles. The van der Waals surface area contributed by atoms with Gasteiger partial charge in [-0.25, -0.2) is 0 Å². The Morgan fingerprint density at radius 2 is 1.82 bits per heavy atom. The Bertz CT molecular complexity index is 466. The smallest absolute Gasteiger partial charge is 0.251 e. The van der Waals surface area contributed by atoms with Gasteiger partial charge >= 0.3 is 0 Å². The number of halogens is 2. The van der Waals surface area contributed by atoms with Gasteiger partial charge in [-0.2, -0.15) is 0 Å². The van der Waals surface area contributed by atoms with Crippen LogP contribution in [0.5, 0.6) is 0 Å². The minimum absolute atomic E-state index is 0. The summed E-state index contributed by atoms with van der Waals surface area (Å²) in [7, 11) is 1.85. The Morgan fingerprint density at radius 3 is 2.41 bits per heavy atom. The minimum Gasteiger partial charge on any atom is -0.355 e. The molecule has 0 bridgehead atoms. The van der Waals surface area contributed by atoms with Crippen molar-refractivity contribution in [2.24, 2.45) is 0 Å². The highest BCUT2D eigenvalue weighted by Crippen LogP contribution is 2.09. The Balaban J connectivity index is 0.00000441. The first-order valence-corrected chi connectivity index (χ1v) is 7.38. The van der Waals surface area contributed by atoms with Crippen molar-refractivity contribution in [1.82, 2.24) is 16.0 Å². The molecule has 0 aromatic heterocycles. The summed E-state index contributed by atoms with van der Waals surface area (Å²) >= 11 is 5.76. The summed E-state index contributed by atoms with van der Waals surface area (Å²) in [4.78, 5) is 23.3. The molecule has 22 heavy (non-hydrogen) atoms. The van der Waals surface area contributed by atoms with E-state index in [2.05, 4.69) is 16.0 Å². The molecule has 0 saturated carbocycles. The van der Waals surface area contributed by atoms with E-state index in [1.54, 1.807) is 24.3 Å². The van der Waals surface area contributed by atoms with Gasteiger partial charge in [0, 0.05) is 36.1 Å². The quantitative estimate of drug-likeness (QED) is 0.630. The molecule has 5 nitrogen and oxygen atoms in total. The molecule has 7 heteroatoms. The van der Waals surface area contributed by atoms with Crippen molar-refractivity contribution in [3.63, 3.8) is 0 Å². The molecular formula is C15H23Cl2N3O2. The maximum atomic E-state index is 11.8. The van der Waals surface area contributed by atoms with Gasteiger partial charge in [0.15, 0.2) is 0 Å². The van der Waals surface area contributed by atoms with Crippen molar-refractivity contribution in [2.45, 2.75) is 25.8 Å². The molecule has 0 fully saturated rings. The molecule has 3 N–H and O–H groups in total. The average molecular weight is 348 g/mol. The van der Waals surface area contributed by atoms with Crippen LogP contribution in [0.3, 0.4) is 0 Å². The maximum Gasteiger partial charge on any atom is 0.251 e.